The largest absolute Gasteiger partial charge is 0.492 e. The van der Waals surface area contributed by atoms with E-state index in [1.54, 1.807) is 12.5 Å². The predicted molar refractivity (Wildman–Crippen MR) is 78.8 cm³/mol. The molecule has 0 fully saturated rings. The molecule has 0 aliphatic heterocycles. The van der Waals surface area contributed by atoms with Crippen molar-refractivity contribution in [3.05, 3.63) is 36.7 Å². The lowest BCUT2D eigenvalue weighted by atomic mass is 10.4. The van der Waals surface area contributed by atoms with Gasteiger partial charge in [0.15, 0.2) is 11.5 Å². The van der Waals surface area contributed by atoms with Crippen LogP contribution in [0.1, 0.15) is 12.1 Å². The summed E-state index contributed by atoms with van der Waals surface area (Å²) in [7, 11) is 0. The van der Waals surface area contributed by atoms with Crippen LogP contribution in [0.2, 0.25) is 0 Å². The zero-order chi connectivity index (χ0) is 14.7. The van der Waals surface area contributed by atoms with Crippen LogP contribution in [0.15, 0.2) is 31.0 Å². The number of pyridine rings is 1. The quantitative estimate of drug-likeness (QED) is 0.715. The van der Waals surface area contributed by atoms with Gasteiger partial charge >= 0.3 is 0 Å². The first-order valence-corrected chi connectivity index (χ1v) is 6.71. The zero-order valence-electron chi connectivity index (χ0n) is 11.7. The second-order valence-electron chi connectivity index (χ2n) is 4.71. The number of hydrogen-bond acceptors (Lipinski definition) is 6. The predicted octanol–water partition coefficient (Wildman–Crippen LogP) is 1.58. The van der Waals surface area contributed by atoms with Gasteiger partial charge in [-0.05, 0) is 25.5 Å². The third-order valence-electron chi connectivity index (χ3n) is 3.13. The van der Waals surface area contributed by atoms with Gasteiger partial charge < -0.3 is 15.0 Å². The van der Waals surface area contributed by atoms with Gasteiger partial charge in [-0.2, -0.15) is 0 Å². The highest BCUT2D eigenvalue weighted by molar-refractivity contribution is 5.80. The average molecular weight is 284 g/mol. The Balaban J connectivity index is 1.57. The fraction of sp³-hybridized carbons (Fsp3) is 0.286. The van der Waals surface area contributed by atoms with E-state index in [2.05, 4.69) is 19.9 Å². The number of aryl methyl sites for hydroxylation is 2. The Bertz CT molecular complexity index is 737. The van der Waals surface area contributed by atoms with Gasteiger partial charge in [0, 0.05) is 12.2 Å². The summed E-state index contributed by atoms with van der Waals surface area (Å²) in [5.41, 5.74) is 8.12. The first-order chi connectivity index (χ1) is 10.2. The molecule has 3 rings (SSSR count). The van der Waals surface area contributed by atoms with E-state index in [0.29, 0.717) is 17.9 Å². The third kappa shape index (κ3) is 2.91. The molecule has 0 aliphatic rings. The summed E-state index contributed by atoms with van der Waals surface area (Å²) in [5, 5.41) is 0. The summed E-state index contributed by atoms with van der Waals surface area (Å²) < 4.78 is 7.59. The second kappa shape index (κ2) is 5.74. The van der Waals surface area contributed by atoms with E-state index in [1.165, 1.54) is 6.33 Å². The molecule has 0 aliphatic carbocycles. The van der Waals surface area contributed by atoms with Gasteiger partial charge in [-0.25, -0.2) is 15.0 Å². The van der Waals surface area contributed by atoms with Crippen molar-refractivity contribution in [3.63, 3.8) is 0 Å². The lowest BCUT2D eigenvalue weighted by Crippen LogP contribution is -2.05. The molecule has 3 aromatic rings. The number of nitrogens with zero attached hydrogens (tertiary/aromatic N) is 5. The monoisotopic (exact) mass is 284 g/mol. The normalized spacial score (nSPS) is 10.9. The summed E-state index contributed by atoms with van der Waals surface area (Å²) in [5.74, 6) is 1.18. The van der Waals surface area contributed by atoms with Crippen LogP contribution in [-0.4, -0.2) is 31.1 Å². The van der Waals surface area contributed by atoms with Crippen molar-refractivity contribution in [2.45, 2.75) is 19.9 Å². The molecule has 0 bridgehead atoms. The van der Waals surface area contributed by atoms with Gasteiger partial charge in [0.25, 0.3) is 0 Å². The molecule has 0 saturated heterocycles. The SMILES string of the molecule is Cc1ccc(OCCCn2cnc3c(N)ncnc32)cn1. The third-order valence-corrected chi connectivity index (χ3v) is 3.13. The minimum atomic E-state index is 0.403. The van der Waals surface area contributed by atoms with Crippen molar-refractivity contribution >= 4 is 17.0 Å². The van der Waals surface area contributed by atoms with Crippen LogP contribution < -0.4 is 10.5 Å². The van der Waals surface area contributed by atoms with Gasteiger partial charge in [-0.3, -0.25) is 4.98 Å². The molecule has 21 heavy (non-hydrogen) atoms. The van der Waals surface area contributed by atoms with Crippen LogP contribution in [-0.2, 0) is 6.54 Å². The number of aromatic nitrogens is 5. The highest BCUT2D eigenvalue weighted by Crippen LogP contribution is 2.14. The van der Waals surface area contributed by atoms with Crippen molar-refractivity contribution in [2.24, 2.45) is 0 Å². The van der Waals surface area contributed by atoms with Gasteiger partial charge in [-0.1, -0.05) is 0 Å². The molecule has 108 valence electrons. The Kier molecular flexibility index (Phi) is 3.63. The molecule has 0 atom stereocenters. The van der Waals surface area contributed by atoms with Crippen LogP contribution in [0.25, 0.3) is 11.2 Å². The molecule has 3 aromatic heterocycles. The number of nitrogen functional groups attached to an aromatic ring is 1. The Labute approximate surface area is 121 Å². The van der Waals surface area contributed by atoms with Crippen LogP contribution in [0.3, 0.4) is 0 Å². The Morgan fingerprint density at radius 2 is 2.10 bits per heavy atom. The van der Waals surface area contributed by atoms with Gasteiger partial charge in [0.2, 0.25) is 0 Å². The first-order valence-electron chi connectivity index (χ1n) is 6.71. The number of fused-ring (bicyclic) bond motifs is 1. The summed E-state index contributed by atoms with van der Waals surface area (Å²) in [6, 6.07) is 3.85. The molecule has 0 saturated carbocycles. The molecule has 0 aromatic carbocycles. The van der Waals surface area contributed by atoms with Gasteiger partial charge in [0.05, 0.1) is 19.1 Å². The molecular formula is C14H16N6O. The number of nitrogens with two attached hydrogens (primary N) is 1. The maximum atomic E-state index is 5.75. The van der Waals surface area contributed by atoms with E-state index >= 15 is 0 Å². The number of rotatable bonds is 5. The minimum Gasteiger partial charge on any atom is -0.492 e. The van der Waals surface area contributed by atoms with Crippen LogP contribution in [0.4, 0.5) is 5.82 Å². The summed E-state index contributed by atoms with van der Waals surface area (Å²) in [6.07, 6.45) is 5.74. The number of hydrogen-bond donors (Lipinski definition) is 1. The number of anilines is 1. The van der Waals surface area contributed by atoms with Crippen molar-refractivity contribution in [2.75, 3.05) is 12.3 Å². The lowest BCUT2D eigenvalue weighted by Gasteiger charge is -2.07. The number of imidazole rings is 1. The van der Waals surface area contributed by atoms with E-state index in [4.69, 9.17) is 10.5 Å². The number of ether oxygens (including phenoxy) is 1. The molecule has 7 heteroatoms. The average Bonchev–Trinajstić information content (AvgIpc) is 2.90. The van der Waals surface area contributed by atoms with E-state index in [1.807, 2.05) is 23.6 Å². The highest BCUT2D eigenvalue weighted by Gasteiger charge is 2.07. The smallest absolute Gasteiger partial charge is 0.165 e. The Hall–Kier alpha value is -2.70. The van der Waals surface area contributed by atoms with E-state index in [-0.39, 0.29) is 0 Å². The van der Waals surface area contributed by atoms with Crippen LogP contribution in [0.5, 0.6) is 5.75 Å². The van der Waals surface area contributed by atoms with Gasteiger partial charge in [0.1, 0.15) is 17.6 Å². The molecule has 0 spiro atoms. The molecule has 2 N–H and O–H groups in total. The minimum absolute atomic E-state index is 0.403. The lowest BCUT2D eigenvalue weighted by molar-refractivity contribution is 0.301. The maximum Gasteiger partial charge on any atom is 0.165 e. The first kappa shape index (κ1) is 13.3. The molecule has 0 unspecified atom stereocenters. The summed E-state index contributed by atoms with van der Waals surface area (Å²) >= 11 is 0. The second-order valence-corrected chi connectivity index (χ2v) is 4.71. The summed E-state index contributed by atoms with van der Waals surface area (Å²) in [6.45, 7) is 3.30. The molecular weight excluding hydrogens is 268 g/mol. The molecule has 0 radical (unpaired) electrons. The highest BCUT2D eigenvalue weighted by atomic mass is 16.5. The maximum absolute atomic E-state index is 5.75. The van der Waals surface area contributed by atoms with Crippen molar-refractivity contribution in [3.8, 4) is 5.75 Å². The van der Waals surface area contributed by atoms with Crippen LogP contribution >= 0.6 is 0 Å². The fourth-order valence-electron chi connectivity index (χ4n) is 2.03. The topological polar surface area (TPSA) is 91.7 Å². The Morgan fingerprint density at radius 3 is 2.90 bits per heavy atom. The van der Waals surface area contributed by atoms with E-state index < -0.39 is 0 Å². The molecule has 3 heterocycles. The van der Waals surface area contributed by atoms with E-state index in [9.17, 15) is 0 Å². The fourth-order valence-corrected chi connectivity index (χ4v) is 2.03. The standard InChI is InChI=1S/C14H16N6O/c1-10-3-4-11(7-16-10)21-6-2-5-20-9-19-12-13(15)17-8-18-14(12)20/h3-4,7-9H,2,5-6H2,1H3,(H2,15,17,18). The molecule has 0 amide bonds. The Morgan fingerprint density at radius 1 is 1.19 bits per heavy atom. The van der Waals surface area contributed by atoms with Crippen molar-refractivity contribution < 1.29 is 4.74 Å². The van der Waals surface area contributed by atoms with E-state index in [0.717, 1.165) is 30.1 Å². The van der Waals surface area contributed by atoms with Crippen LogP contribution in [0, 0.1) is 6.92 Å². The van der Waals surface area contributed by atoms with Crippen molar-refractivity contribution in [1.29, 1.82) is 0 Å². The molecule has 7 nitrogen and oxygen atoms in total. The van der Waals surface area contributed by atoms with Crippen molar-refractivity contribution in [1.82, 2.24) is 24.5 Å². The summed E-state index contributed by atoms with van der Waals surface area (Å²) in [4.78, 5) is 16.5. The zero-order valence-corrected chi connectivity index (χ0v) is 11.7. The van der Waals surface area contributed by atoms with Gasteiger partial charge in [-0.15, -0.1) is 0 Å².